The number of aryl methyl sites for hydroxylation is 1. The number of carbonyl (C=O) groups is 2. The van der Waals surface area contributed by atoms with E-state index in [2.05, 4.69) is 5.32 Å². The fourth-order valence-corrected chi connectivity index (χ4v) is 5.24. The third-order valence-corrected chi connectivity index (χ3v) is 7.40. The maximum atomic E-state index is 12.8. The van der Waals surface area contributed by atoms with E-state index < -0.39 is 9.84 Å². The van der Waals surface area contributed by atoms with Gasteiger partial charge in [0.15, 0.2) is 9.84 Å². The monoisotopic (exact) mass is 426 g/mol. The Bertz CT molecular complexity index is 1110. The Balaban J connectivity index is 1.44. The van der Waals surface area contributed by atoms with Crippen molar-refractivity contribution in [2.75, 3.05) is 16.0 Å². The highest BCUT2D eigenvalue weighted by atomic mass is 32.2. The van der Waals surface area contributed by atoms with Crippen LogP contribution in [0.1, 0.15) is 37.3 Å². The molecule has 2 aliphatic rings. The molecule has 2 amide bonds. The van der Waals surface area contributed by atoms with Gasteiger partial charge in [-0.1, -0.05) is 12.1 Å². The van der Waals surface area contributed by atoms with Gasteiger partial charge in [0.05, 0.1) is 10.6 Å². The van der Waals surface area contributed by atoms with Gasteiger partial charge in [0.2, 0.25) is 11.8 Å². The average Bonchev–Trinajstić information content (AvgIpc) is 3.48. The van der Waals surface area contributed by atoms with Gasteiger partial charge in [0.25, 0.3) is 0 Å². The van der Waals surface area contributed by atoms with Crippen molar-refractivity contribution in [3.05, 3.63) is 53.6 Å². The summed E-state index contributed by atoms with van der Waals surface area (Å²) in [5, 5.41) is 2.74. The molecule has 1 saturated carbocycles. The molecule has 2 aromatic rings. The van der Waals surface area contributed by atoms with Crippen LogP contribution in [0.3, 0.4) is 0 Å². The first-order chi connectivity index (χ1) is 14.2. The largest absolute Gasteiger partial charge is 0.326 e. The number of benzene rings is 2. The fraction of sp³-hybridized carbons (Fsp3) is 0.391. The highest BCUT2D eigenvalue weighted by Gasteiger charge is 2.39. The van der Waals surface area contributed by atoms with Crippen LogP contribution in [0.25, 0.3) is 0 Å². The van der Waals surface area contributed by atoms with Crippen molar-refractivity contribution in [3.63, 3.8) is 0 Å². The van der Waals surface area contributed by atoms with Crippen molar-refractivity contribution in [2.24, 2.45) is 5.92 Å². The van der Waals surface area contributed by atoms with Crippen LogP contribution in [-0.4, -0.2) is 32.0 Å². The molecule has 0 spiro atoms. The third kappa shape index (κ3) is 4.26. The third-order valence-electron chi connectivity index (χ3n) is 5.69. The maximum absolute atomic E-state index is 12.8. The number of hydrogen-bond donors (Lipinski definition) is 1. The van der Waals surface area contributed by atoms with E-state index in [4.69, 9.17) is 0 Å². The van der Waals surface area contributed by atoms with Gasteiger partial charge in [-0.05, 0) is 74.6 Å². The number of hydrogen-bond acceptors (Lipinski definition) is 4. The Morgan fingerprint density at radius 1 is 1.13 bits per heavy atom. The van der Waals surface area contributed by atoms with E-state index in [-0.39, 0.29) is 40.8 Å². The predicted octanol–water partition coefficient (Wildman–Crippen LogP) is 3.49. The van der Waals surface area contributed by atoms with Gasteiger partial charge in [0, 0.05) is 29.8 Å². The lowest BCUT2D eigenvalue weighted by Crippen LogP contribution is -2.36. The smallest absolute Gasteiger partial charge is 0.230 e. The second kappa shape index (κ2) is 7.87. The first kappa shape index (κ1) is 20.6. The Kier molecular flexibility index (Phi) is 5.40. The molecule has 1 aliphatic heterocycles. The van der Waals surface area contributed by atoms with Crippen LogP contribution < -0.4 is 10.2 Å². The molecule has 158 valence electrons. The van der Waals surface area contributed by atoms with Gasteiger partial charge in [-0.3, -0.25) is 9.59 Å². The SMILES string of the molecule is Cc1cccc(NC(=O)CCS(=O)(=O)c2ccc3c(c2)C[C@H](C)N3C(=O)C2CC2)c1. The van der Waals surface area contributed by atoms with Crippen LogP contribution in [0.5, 0.6) is 0 Å². The lowest BCUT2D eigenvalue weighted by atomic mass is 10.1. The molecule has 1 aliphatic carbocycles. The number of anilines is 2. The summed E-state index contributed by atoms with van der Waals surface area (Å²) in [5.41, 5.74) is 3.36. The van der Waals surface area contributed by atoms with Gasteiger partial charge in [0.1, 0.15) is 0 Å². The quantitative estimate of drug-likeness (QED) is 0.766. The molecule has 0 bridgehead atoms. The number of rotatable bonds is 6. The number of carbonyl (C=O) groups excluding carboxylic acids is 2. The number of amides is 2. The second-order valence-corrected chi connectivity index (χ2v) is 10.4. The van der Waals surface area contributed by atoms with Crippen LogP contribution in [0.2, 0.25) is 0 Å². The average molecular weight is 427 g/mol. The van der Waals surface area contributed by atoms with Crippen molar-refractivity contribution in [2.45, 2.75) is 50.5 Å². The summed E-state index contributed by atoms with van der Waals surface area (Å²) in [5.74, 6) is -0.331. The predicted molar refractivity (Wildman–Crippen MR) is 116 cm³/mol. The Morgan fingerprint density at radius 2 is 1.90 bits per heavy atom. The Morgan fingerprint density at radius 3 is 2.60 bits per heavy atom. The summed E-state index contributed by atoms with van der Waals surface area (Å²) < 4.78 is 25.6. The lowest BCUT2D eigenvalue weighted by Gasteiger charge is -2.22. The van der Waals surface area contributed by atoms with Crippen molar-refractivity contribution in [3.8, 4) is 0 Å². The van der Waals surface area contributed by atoms with Crippen LogP contribution in [0.4, 0.5) is 11.4 Å². The molecule has 0 aromatic heterocycles. The van der Waals surface area contributed by atoms with E-state index in [1.165, 1.54) is 0 Å². The van der Waals surface area contributed by atoms with Gasteiger partial charge in [-0.25, -0.2) is 8.42 Å². The van der Waals surface area contributed by atoms with Gasteiger partial charge in [-0.2, -0.15) is 0 Å². The van der Waals surface area contributed by atoms with Gasteiger partial charge in [-0.15, -0.1) is 0 Å². The van der Waals surface area contributed by atoms with Crippen molar-refractivity contribution >= 4 is 33.0 Å². The topological polar surface area (TPSA) is 83.6 Å². The molecule has 0 radical (unpaired) electrons. The molecule has 4 rings (SSSR count). The van der Waals surface area contributed by atoms with Crippen molar-refractivity contribution in [1.82, 2.24) is 0 Å². The van der Waals surface area contributed by atoms with Crippen molar-refractivity contribution in [1.29, 1.82) is 0 Å². The molecule has 2 aromatic carbocycles. The number of nitrogens with zero attached hydrogens (tertiary/aromatic N) is 1. The Hall–Kier alpha value is -2.67. The van der Waals surface area contributed by atoms with Crippen LogP contribution >= 0.6 is 0 Å². The summed E-state index contributed by atoms with van der Waals surface area (Å²) in [7, 11) is -3.60. The zero-order valence-corrected chi connectivity index (χ0v) is 18.0. The van der Waals surface area contributed by atoms with E-state index in [1.54, 1.807) is 24.3 Å². The Labute approximate surface area is 177 Å². The van der Waals surface area contributed by atoms with E-state index in [0.29, 0.717) is 12.1 Å². The highest BCUT2D eigenvalue weighted by Crippen LogP contribution is 2.39. The first-order valence-corrected chi connectivity index (χ1v) is 11.9. The summed E-state index contributed by atoms with van der Waals surface area (Å²) >= 11 is 0. The van der Waals surface area contributed by atoms with Gasteiger partial charge < -0.3 is 10.2 Å². The van der Waals surface area contributed by atoms with Crippen LogP contribution in [0.15, 0.2) is 47.4 Å². The lowest BCUT2D eigenvalue weighted by molar-refractivity contribution is -0.120. The summed E-state index contributed by atoms with van der Waals surface area (Å²) in [4.78, 5) is 26.8. The molecule has 1 fully saturated rings. The second-order valence-electron chi connectivity index (χ2n) is 8.31. The molecule has 0 saturated heterocycles. The molecular weight excluding hydrogens is 400 g/mol. The number of fused-ring (bicyclic) bond motifs is 1. The summed E-state index contributed by atoms with van der Waals surface area (Å²) in [6.45, 7) is 3.91. The molecule has 1 N–H and O–H groups in total. The molecule has 1 atom stereocenters. The molecule has 1 heterocycles. The molecule has 30 heavy (non-hydrogen) atoms. The molecule has 0 unspecified atom stereocenters. The van der Waals surface area contributed by atoms with E-state index in [9.17, 15) is 18.0 Å². The van der Waals surface area contributed by atoms with Crippen molar-refractivity contribution < 1.29 is 18.0 Å². The minimum Gasteiger partial charge on any atom is -0.326 e. The zero-order valence-electron chi connectivity index (χ0n) is 17.2. The maximum Gasteiger partial charge on any atom is 0.230 e. The minimum atomic E-state index is -3.60. The molecule has 6 nitrogen and oxygen atoms in total. The van der Waals surface area contributed by atoms with E-state index >= 15 is 0 Å². The van der Waals surface area contributed by atoms with Crippen LogP contribution in [0, 0.1) is 12.8 Å². The standard InChI is InChI=1S/C23H26N2O4S/c1-15-4-3-5-19(12-15)24-22(26)10-11-30(28,29)20-8-9-21-18(14-20)13-16(2)25(21)23(27)17-6-7-17/h3-5,8-9,12,14,16-17H,6-7,10-11,13H2,1-2H3,(H,24,26)/t16-/m0/s1. The van der Waals surface area contributed by atoms with E-state index in [0.717, 1.165) is 29.7 Å². The zero-order chi connectivity index (χ0) is 21.5. The number of nitrogens with one attached hydrogen (secondary N) is 1. The molecular formula is C23H26N2O4S. The fourth-order valence-electron chi connectivity index (χ4n) is 3.95. The summed E-state index contributed by atoms with van der Waals surface area (Å²) in [6, 6.07) is 12.4. The highest BCUT2D eigenvalue weighted by molar-refractivity contribution is 7.91. The minimum absolute atomic E-state index is 0.0335. The number of sulfone groups is 1. The first-order valence-electron chi connectivity index (χ1n) is 10.3. The van der Waals surface area contributed by atoms with Gasteiger partial charge >= 0.3 is 0 Å². The molecule has 7 heteroatoms. The summed E-state index contributed by atoms with van der Waals surface area (Å²) in [6.07, 6.45) is 2.41. The van der Waals surface area contributed by atoms with Crippen LogP contribution in [-0.2, 0) is 25.8 Å². The normalized spacial score (nSPS) is 18.2. The van der Waals surface area contributed by atoms with E-state index in [1.807, 2.05) is 36.9 Å².